The van der Waals surface area contributed by atoms with Crippen molar-refractivity contribution in [3.8, 4) is 0 Å². The van der Waals surface area contributed by atoms with Gasteiger partial charge in [-0.15, -0.1) is 0 Å². The third kappa shape index (κ3) is 3.43. The number of ether oxygens (including phenoxy) is 1. The molecule has 0 amide bonds. The minimum absolute atomic E-state index is 0.0422. The number of fused-ring (bicyclic) bond motifs is 1. The second-order valence-electron chi connectivity index (χ2n) is 5.38. The fourth-order valence-electron chi connectivity index (χ4n) is 2.07. The van der Waals surface area contributed by atoms with E-state index in [2.05, 4.69) is 10.3 Å². The molecule has 1 aromatic carbocycles. The quantitative estimate of drug-likeness (QED) is 0.865. The minimum Gasteiger partial charge on any atom is -0.383 e. The summed E-state index contributed by atoms with van der Waals surface area (Å²) in [6, 6.07) is 9.71. The maximum atomic E-state index is 12.0. The zero-order valence-corrected chi connectivity index (χ0v) is 11.6. The molecule has 0 aliphatic carbocycles. The summed E-state index contributed by atoms with van der Waals surface area (Å²) in [6.07, 6.45) is 0. The Labute approximate surface area is 112 Å². The molecule has 4 heteroatoms. The molecule has 0 bridgehead atoms. The van der Waals surface area contributed by atoms with E-state index in [1.54, 1.807) is 7.11 Å². The van der Waals surface area contributed by atoms with E-state index in [1.807, 2.05) is 44.2 Å². The number of para-hydroxylation sites is 1. The van der Waals surface area contributed by atoms with Crippen molar-refractivity contribution in [3.05, 3.63) is 46.2 Å². The summed E-state index contributed by atoms with van der Waals surface area (Å²) >= 11 is 0. The van der Waals surface area contributed by atoms with Gasteiger partial charge in [-0.2, -0.15) is 0 Å². The first-order valence-electron chi connectivity index (χ1n) is 6.37. The molecule has 0 fully saturated rings. The maximum Gasteiger partial charge on any atom is 0.252 e. The molecule has 0 atom stereocenters. The number of hydrogen-bond donors (Lipinski definition) is 2. The Morgan fingerprint density at radius 3 is 2.79 bits per heavy atom. The Kier molecular flexibility index (Phi) is 4.02. The Morgan fingerprint density at radius 2 is 2.05 bits per heavy atom. The highest BCUT2D eigenvalue weighted by atomic mass is 16.5. The molecule has 0 unspecified atom stereocenters. The molecule has 2 aromatic rings. The standard InChI is InChI=1S/C15H20N2O2/c1-15(2,10-19-3)16-9-12-8-11-6-4-5-7-13(11)17-14(12)18/h4-8,16H,9-10H2,1-3H3,(H,17,18). The molecule has 0 saturated heterocycles. The van der Waals surface area contributed by atoms with Crippen molar-refractivity contribution < 1.29 is 4.74 Å². The van der Waals surface area contributed by atoms with Crippen LogP contribution in [0.1, 0.15) is 19.4 Å². The summed E-state index contributed by atoms with van der Waals surface area (Å²) < 4.78 is 5.15. The number of methoxy groups -OCH3 is 1. The van der Waals surface area contributed by atoms with Gasteiger partial charge in [0.15, 0.2) is 0 Å². The minimum atomic E-state index is -0.160. The first-order valence-corrected chi connectivity index (χ1v) is 6.37. The summed E-state index contributed by atoms with van der Waals surface area (Å²) in [7, 11) is 1.67. The predicted octanol–water partition coefficient (Wildman–Crippen LogP) is 2.04. The zero-order valence-electron chi connectivity index (χ0n) is 11.6. The number of H-pyrrole nitrogens is 1. The highest BCUT2D eigenvalue weighted by molar-refractivity contribution is 5.78. The van der Waals surface area contributed by atoms with Crippen LogP contribution in [-0.2, 0) is 11.3 Å². The lowest BCUT2D eigenvalue weighted by Gasteiger charge is -2.25. The Morgan fingerprint density at radius 1 is 1.32 bits per heavy atom. The van der Waals surface area contributed by atoms with Crippen molar-refractivity contribution >= 4 is 10.9 Å². The van der Waals surface area contributed by atoms with Crippen molar-refractivity contribution in [1.82, 2.24) is 10.3 Å². The van der Waals surface area contributed by atoms with Crippen LogP contribution in [0.3, 0.4) is 0 Å². The molecule has 0 spiro atoms. The smallest absolute Gasteiger partial charge is 0.252 e. The van der Waals surface area contributed by atoms with E-state index in [1.165, 1.54) is 0 Å². The zero-order chi connectivity index (χ0) is 13.9. The molecular formula is C15H20N2O2. The Hall–Kier alpha value is -1.65. The summed E-state index contributed by atoms with van der Waals surface area (Å²) in [4.78, 5) is 14.9. The van der Waals surface area contributed by atoms with Crippen LogP contribution in [0.25, 0.3) is 10.9 Å². The number of aromatic nitrogens is 1. The number of nitrogens with one attached hydrogen (secondary N) is 2. The molecule has 0 radical (unpaired) electrons. The molecule has 2 rings (SSSR count). The SMILES string of the molecule is COCC(C)(C)NCc1cc2ccccc2[nH]c1=O. The van der Waals surface area contributed by atoms with Crippen LogP contribution < -0.4 is 10.9 Å². The van der Waals surface area contributed by atoms with E-state index >= 15 is 0 Å². The van der Waals surface area contributed by atoms with Gasteiger partial charge >= 0.3 is 0 Å². The van der Waals surface area contributed by atoms with E-state index in [4.69, 9.17) is 4.74 Å². The average Bonchev–Trinajstić information content (AvgIpc) is 2.36. The lowest BCUT2D eigenvalue weighted by Crippen LogP contribution is -2.43. The summed E-state index contributed by atoms with van der Waals surface area (Å²) in [5.41, 5.74) is 1.40. The van der Waals surface area contributed by atoms with E-state index in [0.717, 1.165) is 16.5 Å². The van der Waals surface area contributed by atoms with Gasteiger partial charge in [0, 0.05) is 30.3 Å². The van der Waals surface area contributed by atoms with E-state index in [9.17, 15) is 4.79 Å². The van der Waals surface area contributed by atoms with Crippen molar-refractivity contribution in [1.29, 1.82) is 0 Å². The third-order valence-electron chi connectivity index (χ3n) is 3.09. The van der Waals surface area contributed by atoms with Gasteiger partial charge < -0.3 is 15.0 Å². The number of benzene rings is 1. The maximum absolute atomic E-state index is 12.0. The van der Waals surface area contributed by atoms with Gasteiger partial charge in [-0.1, -0.05) is 18.2 Å². The van der Waals surface area contributed by atoms with Crippen LogP contribution in [0.2, 0.25) is 0 Å². The highest BCUT2D eigenvalue weighted by Gasteiger charge is 2.17. The number of pyridine rings is 1. The van der Waals surface area contributed by atoms with E-state index < -0.39 is 0 Å². The summed E-state index contributed by atoms with van der Waals surface area (Å²) in [5.74, 6) is 0. The lowest BCUT2D eigenvalue weighted by atomic mass is 10.1. The second-order valence-corrected chi connectivity index (χ2v) is 5.38. The molecule has 1 aromatic heterocycles. The molecule has 0 aliphatic rings. The van der Waals surface area contributed by atoms with Crippen LogP contribution in [0.4, 0.5) is 0 Å². The van der Waals surface area contributed by atoms with Gasteiger partial charge in [0.2, 0.25) is 0 Å². The predicted molar refractivity (Wildman–Crippen MR) is 77.4 cm³/mol. The first kappa shape index (κ1) is 13.8. The fourth-order valence-corrected chi connectivity index (χ4v) is 2.07. The van der Waals surface area contributed by atoms with Crippen molar-refractivity contribution in [2.24, 2.45) is 0 Å². The van der Waals surface area contributed by atoms with Gasteiger partial charge in [-0.25, -0.2) is 0 Å². The molecule has 1 heterocycles. The molecule has 19 heavy (non-hydrogen) atoms. The van der Waals surface area contributed by atoms with Gasteiger partial charge in [0.1, 0.15) is 0 Å². The van der Waals surface area contributed by atoms with Crippen LogP contribution >= 0.6 is 0 Å². The average molecular weight is 260 g/mol. The van der Waals surface area contributed by atoms with E-state index in [-0.39, 0.29) is 11.1 Å². The van der Waals surface area contributed by atoms with Gasteiger partial charge in [-0.05, 0) is 31.4 Å². The summed E-state index contributed by atoms with van der Waals surface area (Å²) in [6.45, 7) is 5.21. The molecule has 2 N–H and O–H groups in total. The third-order valence-corrected chi connectivity index (χ3v) is 3.09. The summed E-state index contributed by atoms with van der Waals surface area (Å²) in [5, 5.41) is 4.38. The monoisotopic (exact) mass is 260 g/mol. The fraction of sp³-hybridized carbons (Fsp3) is 0.400. The number of rotatable bonds is 5. The molecule has 4 nitrogen and oxygen atoms in total. The first-order chi connectivity index (χ1) is 9.02. The van der Waals surface area contributed by atoms with Crippen LogP contribution in [-0.4, -0.2) is 24.2 Å². The van der Waals surface area contributed by atoms with Gasteiger partial charge in [0.05, 0.1) is 6.61 Å². The van der Waals surface area contributed by atoms with Gasteiger partial charge in [0.25, 0.3) is 5.56 Å². The second kappa shape index (κ2) is 5.55. The van der Waals surface area contributed by atoms with Crippen molar-refractivity contribution in [2.45, 2.75) is 25.9 Å². The van der Waals surface area contributed by atoms with Gasteiger partial charge in [-0.3, -0.25) is 4.79 Å². The molecule has 0 saturated carbocycles. The van der Waals surface area contributed by atoms with Crippen molar-refractivity contribution in [2.75, 3.05) is 13.7 Å². The molecular weight excluding hydrogens is 240 g/mol. The largest absolute Gasteiger partial charge is 0.383 e. The molecule has 0 aliphatic heterocycles. The Bertz CT molecular complexity index is 617. The van der Waals surface area contributed by atoms with Crippen LogP contribution in [0.5, 0.6) is 0 Å². The Balaban J connectivity index is 2.21. The lowest BCUT2D eigenvalue weighted by molar-refractivity contribution is 0.127. The van der Waals surface area contributed by atoms with Crippen LogP contribution in [0.15, 0.2) is 35.1 Å². The van der Waals surface area contributed by atoms with Crippen LogP contribution in [0, 0.1) is 0 Å². The molecule has 102 valence electrons. The van der Waals surface area contributed by atoms with E-state index in [0.29, 0.717) is 13.2 Å². The number of aromatic amines is 1. The number of hydrogen-bond acceptors (Lipinski definition) is 3. The van der Waals surface area contributed by atoms with Crippen molar-refractivity contribution in [3.63, 3.8) is 0 Å². The topological polar surface area (TPSA) is 54.1 Å². The normalized spacial score (nSPS) is 11.9. The highest BCUT2D eigenvalue weighted by Crippen LogP contribution is 2.11.